The number of hydrogen-bond donors (Lipinski definition) is 0. The molecule has 4 unspecified atom stereocenters. The summed E-state index contributed by atoms with van der Waals surface area (Å²) in [4.78, 5) is 15.0. The van der Waals surface area contributed by atoms with Gasteiger partial charge < -0.3 is 9.47 Å². The maximum atomic E-state index is 12.5. The summed E-state index contributed by atoms with van der Waals surface area (Å²) in [5.41, 5.74) is 0.871. The van der Waals surface area contributed by atoms with Gasteiger partial charge in [-0.1, -0.05) is 25.0 Å². The molecule has 4 atom stereocenters. The lowest BCUT2D eigenvalue weighted by Gasteiger charge is -2.74. The van der Waals surface area contributed by atoms with Crippen LogP contribution in [0.1, 0.15) is 36.0 Å². The monoisotopic (exact) mass is 301 g/mol. The molecule has 4 rings (SSSR count). The van der Waals surface area contributed by atoms with Crippen molar-refractivity contribution in [1.29, 1.82) is 0 Å². The Balaban J connectivity index is 1.52. The van der Waals surface area contributed by atoms with Gasteiger partial charge >= 0.3 is 5.97 Å². The first-order valence-electron chi connectivity index (χ1n) is 8.23. The van der Waals surface area contributed by atoms with Gasteiger partial charge in [-0.2, -0.15) is 0 Å². The minimum Gasteiger partial charge on any atom is -0.496 e. The molecule has 118 valence electrons. The second-order valence-electron chi connectivity index (χ2n) is 6.90. The Morgan fingerprint density at radius 3 is 2.86 bits per heavy atom. The van der Waals surface area contributed by atoms with Crippen molar-refractivity contribution in [3.05, 3.63) is 29.8 Å². The number of para-hydroxylation sites is 1. The molecule has 0 amide bonds. The van der Waals surface area contributed by atoms with Crippen LogP contribution in [0.5, 0.6) is 5.75 Å². The Hall–Kier alpha value is -1.55. The molecule has 0 aromatic heterocycles. The number of esters is 1. The van der Waals surface area contributed by atoms with E-state index in [-0.39, 0.29) is 12.1 Å². The SMILES string of the molecule is COc1ccccc1C(=O)OC1C2CCCCC23C1CN3C. The zero-order valence-electron chi connectivity index (χ0n) is 13.2. The van der Waals surface area contributed by atoms with E-state index in [9.17, 15) is 4.79 Å². The maximum absolute atomic E-state index is 12.5. The zero-order valence-corrected chi connectivity index (χ0v) is 13.2. The fourth-order valence-corrected chi connectivity index (χ4v) is 5.10. The molecular weight excluding hydrogens is 278 g/mol. The Bertz CT molecular complexity index is 602. The average molecular weight is 301 g/mol. The van der Waals surface area contributed by atoms with Crippen LogP contribution in [-0.2, 0) is 4.74 Å². The number of methoxy groups -OCH3 is 1. The second kappa shape index (κ2) is 4.98. The van der Waals surface area contributed by atoms with Crippen molar-refractivity contribution in [1.82, 2.24) is 4.90 Å². The van der Waals surface area contributed by atoms with Crippen molar-refractivity contribution in [2.75, 3.05) is 20.7 Å². The Labute approximate surface area is 131 Å². The van der Waals surface area contributed by atoms with E-state index in [1.165, 1.54) is 25.7 Å². The average Bonchev–Trinajstić information content (AvgIpc) is 2.57. The first kappa shape index (κ1) is 14.1. The third kappa shape index (κ3) is 1.70. The summed E-state index contributed by atoms with van der Waals surface area (Å²) < 4.78 is 11.2. The van der Waals surface area contributed by atoms with E-state index in [1.807, 2.05) is 12.1 Å². The number of likely N-dealkylation sites (tertiary alicyclic amines) is 1. The van der Waals surface area contributed by atoms with Crippen LogP contribution in [0.2, 0.25) is 0 Å². The molecule has 1 aromatic carbocycles. The summed E-state index contributed by atoms with van der Waals surface area (Å²) in [6.45, 7) is 1.06. The lowest BCUT2D eigenvalue weighted by atomic mass is 9.45. The Morgan fingerprint density at radius 1 is 1.27 bits per heavy atom. The highest BCUT2D eigenvalue weighted by Crippen LogP contribution is 2.62. The summed E-state index contributed by atoms with van der Waals surface area (Å²) in [7, 11) is 3.80. The maximum Gasteiger partial charge on any atom is 0.342 e. The smallest absolute Gasteiger partial charge is 0.342 e. The molecule has 1 heterocycles. The third-order valence-electron chi connectivity index (χ3n) is 6.17. The zero-order chi connectivity index (χ0) is 15.3. The van der Waals surface area contributed by atoms with Crippen molar-refractivity contribution < 1.29 is 14.3 Å². The van der Waals surface area contributed by atoms with Crippen LogP contribution >= 0.6 is 0 Å². The van der Waals surface area contributed by atoms with Gasteiger partial charge in [0, 0.05) is 23.9 Å². The van der Waals surface area contributed by atoms with Gasteiger partial charge in [0.1, 0.15) is 17.4 Å². The quantitative estimate of drug-likeness (QED) is 0.805. The molecule has 1 saturated heterocycles. The van der Waals surface area contributed by atoms with Crippen LogP contribution in [0.4, 0.5) is 0 Å². The molecule has 0 bridgehead atoms. The van der Waals surface area contributed by atoms with E-state index < -0.39 is 0 Å². The van der Waals surface area contributed by atoms with E-state index in [2.05, 4.69) is 11.9 Å². The Morgan fingerprint density at radius 2 is 2.09 bits per heavy atom. The fourth-order valence-electron chi connectivity index (χ4n) is 5.10. The molecule has 0 N–H and O–H groups in total. The molecule has 2 aliphatic carbocycles. The lowest BCUT2D eigenvalue weighted by molar-refractivity contribution is -0.274. The van der Waals surface area contributed by atoms with Crippen molar-refractivity contribution >= 4 is 5.97 Å². The van der Waals surface area contributed by atoms with Gasteiger partial charge in [0.05, 0.1) is 7.11 Å². The van der Waals surface area contributed by atoms with Crippen LogP contribution in [0, 0.1) is 11.8 Å². The summed E-state index contributed by atoms with van der Waals surface area (Å²) in [6.07, 6.45) is 5.11. The van der Waals surface area contributed by atoms with Crippen LogP contribution in [-0.4, -0.2) is 43.2 Å². The van der Waals surface area contributed by atoms with Gasteiger partial charge in [0.15, 0.2) is 0 Å². The summed E-state index contributed by atoms with van der Waals surface area (Å²) >= 11 is 0. The molecule has 2 saturated carbocycles. The van der Waals surface area contributed by atoms with Gasteiger partial charge in [0.2, 0.25) is 0 Å². The number of rotatable bonds is 3. The molecule has 1 aromatic rings. The van der Waals surface area contributed by atoms with Crippen molar-refractivity contribution in [3.8, 4) is 5.75 Å². The molecule has 1 aliphatic heterocycles. The van der Waals surface area contributed by atoms with Gasteiger partial charge in [-0.25, -0.2) is 4.79 Å². The number of hydrogen-bond acceptors (Lipinski definition) is 4. The molecule has 4 nitrogen and oxygen atoms in total. The van der Waals surface area contributed by atoms with Gasteiger partial charge in [0.25, 0.3) is 0 Å². The molecule has 3 fully saturated rings. The molecule has 3 aliphatic rings. The predicted octanol–water partition coefficient (Wildman–Crippen LogP) is 2.72. The van der Waals surface area contributed by atoms with Gasteiger partial charge in [-0.3, -0.25) is 4.90 Å². The number of nitrogens with zero attached hydrogens (tertiary/aromatic N) is 1. The minimum atomic E-state index is -0.240. The van der Waals surface area contributed by atoms with Gasteiger partial charge in [-0.15, -0.1) is 0 Å². The fraction of sp³-hybridized carbons (Fsp3) is 0.611. The first-order valence-corrected chi connectivity index (χ1v) is 8.23. The second-order valence-corrected chi connectivity index (χ2v) is 6.90. The number of ether oxygens (including phenoxy) is 2. The van der Waals surface area contributed by atoms with Crippen molar-refractivity contribution in [2.45, 2.75) is 37.3 Å². The topological polar surface area (TPSA) is 38.8 Å². The molecule has 1 spiro atoms. The predicted molar refractivity (Wildman–Crippen MR) is 83.0 cm³/mol. The Kier molecular flexibility index (Phi) is 3.19. The minimum absolute atomic E-state index is 0.0916. The van der Waals surface area contributed by atoms with E-state index in [0.717, 1.165) is 6.54 Å². The van der Waals surface area contributed by atoms with Crippen molar-refractivity contribution in [3.63, 3.8) is 0 Å². The van der Waals surface area contributed by atoms with E-state index in [0.29, 0.717) is 28.7 Å². The number of benzene rings is 1. The highest BCUT2D eigenvalue weighted by molar-refractivity contribution is 5.92. The molecule has 4 heteroatoms. The van der Waals surface area contributed by atoms with E-state index >= 15 is 0 Å². The van der Waals surface area contributed by atoms with Crippen LogP contribution in [0.25, 0.3) is 0 Å². The van der Waals surface area contributed by atoms with Gasteiger partial charge in [-0.05, 0) is 32.0 Å². The summed E-state index contributed by atoms with van der Waals surface area (Å²) in [5.74, 6) is 1.40. The molecule has 22 heavy (non-hydrogen) atoms. The largest absolute Gasteiger partial charge is 0.496 e. The first-order chi connectivity index (χ1) is 10.7. The number of carbonyl (C=O) groups excluding carboxylic acids is 1. The van der Waals surface area contributed by atoms with Crippen LogP contribution in [0.3, 0.4) is 0 Å². The highest BCUT2D eigenvalue weighted by atomic mass is 16.5. The van der Waals surface area contributed by atoms with E-state index in [4.69, 9.17) is 9.47 Å². The third-order valence-corrected chi connectivity index (χ3v) is 6.17. The van der Waals surface area contributed by atoms with Crippen LogP contribution < -0.4 is 4.74 Å². The lowest BCUT2D eigenvalue weighted by Crippen LogP contribution is -2.84. The number of piperidine rings is 1. The van der Waals surface area contributed by atoms with Crippen molar-refractivity contribution in [2.24, 2.45) is 11.8 Å². The summed E-state index contributed by atoms with van der Waals surface area (Å²) in [6, 6.07) is 7.30. The molecule has 0 radical (unpaired) electrons. The molecular formula is C18H23NO3. The van der Waals surface area contributed by atoms with Crippen LogP contribution in [0.15, 0.2) is 24.3 Å². The highest BCUT2D eigenvalue weighted by Gasteiger charge is 2.71. The standard InChI is InChI=1S/C18H23NO3/c1-19-11-14-16(13-8-5-6-10-18(13,14)19)22-17(20)12-7-3-4-9-15(12)21-2/h3-4,7,9,13-14,16H,5-6,8,10-11H2,1-2H3. The number of carbonyl (C=O) groups is 1. The van der Waals surface area contributed by atoms with E-state index in [1.54, 1.807) is 19.2 Å². The summed E-state index contributed by atoms with van der Waals surface area (Å²) in [5, 5.41) is 0. The normalized spacial score (nSPS) is 36.4.